The maximum absolute atomic E-state index is 12.5. The van der Waals surface area contributed by atoms with E-state index in [0.717, 1.165) is 27.3 Å². The minimum atomic E-state index is -0.273. The van der Waals surface area contributed by atoms with Crippen molar-refractivity contribution in [3.05, 3.63) is 54.1 Å². The summed E-state index contributed by atoms with van der Waals surface area (Å²) >= 11 is 1.43. The summed E-state index contributed by atoms with van der Waals surface area (Å²) in [4.78, 5) is 25.5. The van der Waals surface area contributed by atoms with Gasteiger partial charge < -0.3 is 5.32 Å². The van der Waals surface area contributed by atoms with E-state index in [9.17, 15) is 4.79 Å². The Balaban J connectivity index is 1.76. The fourth-order valence-corrected chi connectivity index (χ4v) is 3.38. The Morgan fingerprint density at radius 3 is 2.79 bits per heavy atom. The van der Waals surface area contributed by atoms with E-state index in [4.69, 9.17) is 0 Å². The van der Waals surface area contributed by atoms with Crippen LogP contribution in [0.4, 0.5) is 5.69 Å². The summed E-state index contributed by atoms with van der Waals surface area (Å²) in [6, 6.07) is 11.4. The van der Waals surface area contributed by atoms with Crippen molar-refractivity contribution in [3.63, 3.8) is 0 Å². The molecule has 0 saturated heterocycles. The molecule has 0 spiro atoms. The van der Waals surface area contributed by atoms with Crippen molar-refractivity contribution in [2.75, 3.05) is 5.32 Å². The SMILES string of the molecule is Cc1cc(SC(C)C(=O)Nc2cccc3ncccc23)nc(C)n1. The second-order valence-corrected chi connectivity index (χ2v) is 6.88. The van der Waals surface area contributed by atoms with E-state index in [0.29, 0.717) is 5.82 Å². The number of rotatable bonds is 4. The van der Waals surface area contributed by atoms with Crippen LogP contribution in [0.5, 0.6) is 0 Å². The first-order valence-electron chi connectivity index (χ1n) is 7.66. The molecule has 1 N–H and O–H groups in total. The molecule has 0 radical (unpaired) electrons. The van der Waals surface area contributed by atoms with Crippen LogP contribution in [0.15, 0.2) is 47.6 Å². The van der Waals surface area contributed by atoms with E-state index in [1.165, 1.54) is 11.8 Å². The minimum absolute atomic E-state index is 0.0646. The third kappa shape index (κ3) is 3.71. The second kappa shape index (κ2) is 6.97. The maximum atomic E-state index is 12.5. The predicted octanol–water partition coefficient (Wildman–Crippen LogP) is 3.76. The molecule has 5 nitrogen and oxygen atoms in total. The van der Waals surface area contributed by atoms with Crippen molar-refractivity contribution in [2.45, 2.75) is 31.0 Å². The largest absolute Gasteiger partial charge is 0.324 e. The molecule has 1 atom stereocenters. The van der Waals surface area contributed by atoms with Crippen LogP contribution in [0.2, 0.25) is 0 Å². The number of carbonyl (C=O) groups excluding carboxylic acids is 1. The van der Waals surface area contributed by atoms with Gasteiger partial charge in [0.15, 0.2) is 0 Å². The van der Waals surface area contributed by atoms with Crippen LogP contribution >= 0.6 is 11.8 Å². The first kappa shape index (κ1) is 16.4. The highest BCUT2D eigenvalue weighted by molar-refractivity contribution is 8.00. The van der Waals surface area contributed by atoms with Gasteiger partial charge >= 0.3 is 0 Å². The first-order valence-corrected chi connectivity index (χ1v) is 8.54. The number of nitrogens with one attached hydrogen (secondary N) is 1. The summed E-state index contributed by atoms with van der Waals surface area (Å²) in [5, 5.41) is 4.46. The molecule has 0 fully saturated rings. The fourth-order valence-electron chi connectivity index (χ4n) is 2.42. The standard InChI is InChI=1S/C18H18N4OS/c1-11-10-17(21-13(3)20-11)24-12(2)18(23)22-16-8-4-7-15-14(16)6-5-9-19-15/h4-10,12H,1-3H3,(H,22,23). The summed E-state index contributed by atoms with van der Waals surface area (Å²) in [6.45, 7) is 5.65. The topological polar surface area (TPSA) is 67.8 Å². The molecule has 3 rings (SSSR count). The lowest BCUT2D eigenvalue weighted by Gasteiger charge is -2.13. The van der Waals surface area contributed by atoms with Crippen molar-refractivity contribution in [2.24, 2.45) is 0 Å². The number of thioether (sulfide) groups is 1. The summed E-state index contributed by atoms with van der Waals surface area (Å²) in [6.07, 6.45) is 1.74. The molecule has 2 heterocycles. The highest BCUT2D eigenvalue weighted by Gasteiger charge is 2.17. The van der Waals surface area contributed by atoms with E-state index >= 15 is 0 Å². The van der Waals surface area contributed by atoms with Gasteiger partial charge in [-0.15, -0.1) is 0 Å². The number of amides is 1. The zero-order valence-electron chi connectivity index (χ0n) is 13.8. The van der Waals surface area contributed by atoms with Gasteiger partial charge in [-0.25, -0.2) is 9.97 Å². The average Bonchev–Trinajstić information content (AvgIpc) is 2.54. The van der Waals surface area contributed by atoms with E-state index in [2.05, 4.69) is 20.3 Å². The first-order chi connectivity index (χ1) is 11.5. The monoisotopic (exact) mass is 338 g/mol. The van der Waals surface area contributed by atoms with Crippen LogP contribution < -0.4 is 5.32 Å². The summed E-state index contributed by atoms with van der Waals surface area (Å²) in [7, 11) is 0. The second-order valence-electron chi connectivity index (χ2n) is 5.52. The van der Waals surface area contributed by atoms with Gasteiger partial charge in [0.2, 0.25) is 5.91 Å². The molecule has 1 amide bonds. The summed E-state index contributed by atoms with van der Waals surface area (Å²) in [5.74, 6) is 0.649. The Bertz CT molecular complexity index is 872. The van der Waals surface area contributed by atoms with Gasteiger partial charge in [-0.3, -0.25) is 9.78 Å². The molecule has 3 aromatic rings. The molecule has 6 heteroatoms. The van der Waals surface area contributed by atoms with Crippen molar-refractivity contribution in [3.8, 4) is 0 Å². The van der Waals surface area contributed by atoms with Crippen molar-refractivity contribution < 1.29 is 4.79 Å². The zero-order valence-corrected chi connectivity index (χ0v) is 14.6. The minimum Gasteiger partial charge on any atom is -0.324 e. The molecule has 2 aromatic heterocycles. The third-order valence-corrected chi connectivity index (χ3v) is 4.53. The number of anilines is 1. The number of hydrogen-bond donors (Lipinski definition) is 1. The Morgan fingerprint density at radius 2 is 2.00 bits per heavy atom. The van der Waals surface area contributed by atoms with Crippen LogP contribution in [-0.2, 0) is 4.79 Å². The molecule has 122 valence electrons. The highest BCUT2D eigenvalue weighted by Crippen LogP contribution is 2.25. The van der Waals surface area contributed by atoms with Gasteiger partial charge in [0.05, 0.1) is 16.5 Å². The lowest BCUT2D eigenvalue weighted by Crippen LogP contribution is -2.22. The van der Waals surface area contributed by atoms with E-state index in [1.54, 1.807) is 6.20 Å². The molecular weight excluding hydrogens is 320 g/mol. The Labute approximate surface area is 144 Å². The smallest absolute Gasteiger partial charge is 0.237 e. The fraction of sp³-hybridized carbons (Fsp3) is 0.222. The number of benzene rings is 1. The van der Waals surface area contributed by atoms with Gasteiger partial charge in [0.1, 0.15) is 10.9 Å². The lowest BCUT2D eigenvalue weighted by molar-refractivity contribution is -0.115. The molecule has 0 aliphatic heterocycles. The predicted molar refractivity (Wildman–Crippen MR) is 97.2 cm³/mol. The number of aryl methyl sites for hydroxylation is 2. The summed E-state index contributed by atoms with van der Waals surface area (Å²) in [5.41, 5.74) is 2.53. The molecule has 1 aromatic carbocycles. The van der Waals surface area contributed by atoms with E-state index in [1.807, 2.05) is 57.2 Å². The van der Waals surface area contributed by atoms with Crippen LogP contribution in [0, 0.1) is 13.8 Å². The van der Waals surface area contributed by atoms with Gasteiger partial charge in [-0.1, -0.05) is 17.8 Å². The van der Waals surface area contributed by atoms with Gasteiger partial charge in [-0.2, -0.15) is 0 Å². The number of nitrogens with zero attached hydrogens (tertiary/aromatic N) is 3. The quantitative estimate of drug-likeness (QED) is 0.579. The van der Waals surface area contributed by atoms with Crippen molar-refractivity contribution in [1.82, 2.24) is 15.0 Å². The Kier molecular flexibility index (Phi) is 4.76. The molecule has 1 unspecified atom stereocenters. The summed E-state index contributed by atoms with van der Waals surface area (Å²) < 4.78 is 0. The third-order valence-electron chi connectivity index (χ3n) is 3.51. The number of hydrogen-bond acceptors (Lipinski definition) is 5. The zero-order chi connectivity index (χ0) is 17.1. The molecule has 0 aliphatic rings. The molecule has 0 aliphatic carbocycles. The Morgan fingerprint density at radius 1 is 1.17 bits per heavy atom. The van der Waals surface area contributed by atoms with Gasteiger partial charge in [0.25, 0.3) is 0 Å². The van der Waals surface area contributed by atoms with Crippen LogP contribution in [0.3, 0.4) is 0 Å². The van der Waals surface area contributed by atoms with E-state index in [-0.39, 0.29) is 11.2 Å². The van der Waals surface area contributed by atoms with Gasteiger partial charge in [0, 0.05) is 17.3 Å². The molecule has 0 saturated carbocycles. The molecular formula is C18H18N4OS. The number of fused-ring (bicyclic) bond motifs is 1. The number of pyridine rings is 1. The van der Waals surface area contributed by atoms with Crippen molar-refractivity contribution in [1.29, 1.82) is 0 Å². The van der Waals surface area contributed by atoms with Crippen LogP contribution in [-0.4, -0.2) is 26.1 Å². The number of carbonyl (C=O) groups is 1. The Hall–Kier alpha value is -2.47. The highest BCUT2D eigenvalue weighted by atomic mass is 32.2. The normalized spacial score (nSPS) is 12.1. The molecule has 24 heavy (non-hydrogen) atoms. The maximum Gasteiger partial charge on any atom is 0.237 e. The lowest BCUT2D eigenvalue weighted by atomic mass is 10.2. The van der Waals surface area contributed by atoms with Crippen LogP contribution in [0.1, 0.15) is 18.4 Å². The van der Waals surface area contributed by atoms with Gasteiger partial charge in [-0.05, 0) is 51.1 Å². The average molecular weight is 338 g/mol. The van der Waals surface area contributed by atoms with Crippen molar-refractivity contribution >= 4 is 34.3 Å². The van der Waals surface area contributed by atoms with Crippen LogP contribution in [0.25, 0.3) is 10.9 Å². The van der Waals surface area contributed by atoms with E-state index < -0.39 is 0 Å². The number of aromatic nitrogens is 3. The molecule has 0 bridgehead atoms.